The van der Waals surface area contributed by atoms with Gasteiger partial charge in [0.1, 0.15) is 0 Å². The molecule has 0 radical (unpaired) electrons. The van der Waals surface area contributed by atoms with Crippen molar-refractivity contribution in [2.75, 3.05) is 0 Å². The Morgan fingerprint density at radius 2 is 1.35 bits per heavy atom. The van der Waals surface area contributed by atoms with Crippen LogP contribution in [0, 0.1) is 17.5 Å². The zero-order chi connectivity index (χ0) is 17.0. The molecular weight excluding hydrogens is 311 g/mol. The van der Waals surface area contributed by atoms with Crippen molar-refractivity contribution in [3.63, 3.8) is 0 Å². The summed E-state index contributed by atoms with van der Waals surface area (Å²) >= 11 is 0. The largest absolute Gasteiger partial charge is 0.204 e. The summed E-state index contributed by atoms with van der Waals surface area (Å²) in [6, 6.07) is 6.98. The second kappa shape index (κ2) is 7.40. The monoisotopic (exact) mass is 326 g/mol. The van der Waals surface area contributed by atoms with Crippen LogP contribution in [0.3, 0.4) is 0 Å². The van der Waals surface area contributed by atoms with E-state index in [1.165, 1.54) is 12.1 Å². The maximum absolute atomic E-state index is 14.1. The average Bonchev–Trinajstić information content (AvgIpc) is 2.56. The molecule has 0 amide bonds. The lowest BCUT2D eigenvalue weighted by atomic mass is 10.0. The van der Waals surface area contributed by atoms with Crippen LogP contribution in [0.1, 0.15) is 36.5 Å². The smallest absolute Gasteiger partial charge is 0.194 e. The first-order valence-corrected chi connectivity index (χ1v) is 7.23. The molecule has 0 saturated heterocycles. The van der Waals surface area contributed by atoms with E-state index in [1.807, 2.05) is 6.92 Å². The molecule has 0 fully saturated rings. The summed E-state index contributed by atoms with van der Waals surface area (Å²) in [5.74, 6) is -7.56. The molecule has 0 aliphatic rings. The maximum Gasteiger partial charge on any atom is 0.194 e. The highest BCUT2D eigenvalue weighted by atomic mass is 19.2. The molecule has 2 aromatic rings. The predicted molar refractivity (Wildman–Crippen MR) is 80.4 cm³/mol. The van der Waals surface area contributed by atoms with E-state index in [0.717, 1.165) is 24.8 Å². The van der Waals surface area contributed by atoms with Crippen LogP contribution >= 0.6 is 0 Å². The van der Waals surface area contributed by atoms with Crippen LogP contribution in [-0.4, -0.2) is 0 Å². The molecule has 0 aliphatic heterocycles. The number of rotatable bonds is 5. The first kappa shape index (κ1) is 17.2. The number of hydrogen-bond acceptors (Lipinski definition) is 0. The Morgan fingerprint density at radius 3 is 1.87 bits per heavy atom. The third-order valence-electron chi connectivity index (χ3n) is 3.46. The van der Waals surface area contributed by atoms with Gasteiger partial charge in [0, 0.05) is 11.1 Å². The Kier molecular flexibility index (Phi) is 5.53. The Morgan fingerprint density at radius 1 is 0.826 bits per heavy atom. The van der Waals surface area contributed by atoms with Crippen molar-refractivity contribution in [3.05, 3.63) is 70.5 Å². The zero-order valence-corrected chi connectivity index (χ0v) is 12.5. The summed E-state index contributed by atoms with van der Waals surface area (Å²) in [5, 5.41) is 0. The highest BCUT2D eigenvalue weighted by Crippen LogP contribution is 2.30. The Bertz CT molecular complexity index is 694. The SMILES string of the molecule is CCCCc1ccc(C(F)=C(F)c2cc(F)c(F)c(F)c2)cc1. The number of aryl methyl sites for hydroxylation is 1. The van der Waals surface area contributed by atoms with Gasteiger partial charge in [-0.25, -0.2) is 22.0 Å². The van der Waals surface area contributed by atoms with Gasteiger partial charge in [-0.2, -0.15) is 0 Å². The van der Waals surface area contributed by atoms with Crippen LogP contribution in [-0.2, 0) is 6.42 Å². The van der Waals surface area contributed by atoms with Gasteiger partial charge in [0.05, 0.1) is 0 Å². The van der Waals surface area contributed by atoms with Crippen molar-refractivity contribution in [1.29, 1.82) is 0 Å². The van der Waals surface area contributed by atoms with Gasteiger partial charge >= 0.3 is 0 Å². The predicted octanol–water partition coefficient (Wildman–Crippen LogP) is 6.21. The van der Waals surface area contributed by atoms with Crippen molar-refractivity contribution >= 4 is 11.7 Å². The minimum atomic E-state index is -1.72. The second-order valence-corrected chi connectivity index (χ2v) is 5.18. The molecule has 0 aliphatic carbocycles. The van der Waals surface area contributed by atoms with Crippen molar-refractivity contribution in [3.8, 4) is 0 Å². The molecule has 0 saturated carbocycles. The highest BCUT2D eigenvalue weighted by molar-refractivity contribution is 5.83. The first-order chi connectivity index (χ1) is 10.9. The standard InChI is InChI=1S/C18H15F5/c1-2-3-4-11-5-7-12(8-6-11)16(21)17(22)13-9-14(19)18(23)15(20)10-13/h5-10H,2-4H2,1H3. The molecule has 2 aromatic carbocycles. The van der Waals surface area contributed by atoms with Crippen LogP contribution < -0.4 is 0 Å². The van der Waals surface area contributed by atoms with Crippen molar-refractivity contribution in [2.24, 2.45) is 0 Å². The van der Waals surface area contributed by atoms with Crippen LogP contribution in [0.5, 0.6) is 0 Å². The van der Waals surface area contributed by atoms with Gasteiger partial charge in [-0.15, -0.1) is 0 Å². The lowest BCUT2D eigenvalue weighted by molar-refractivity contribution is 0.446. The van der Waals surface area contributed by atoms with E-state index in [1.54, 1.807) is 12.1 Å². The van der Waals surface area contributed by atoms with Crippen molar-refractivity contribution in [1.82, 2.24) is 0 Å². The second-order valence-electron chi connectivity index (χ2n) is 5.18. The van der Waals surface area contributed by atoms with Gasteiger partial charge in [-0.3, -0.25) is 0 Å². The Balaban J connectivity index is 2.33. The van der Waals surface area contributed by atoms with Crippen molar-refractivity contribution in [2.45, 2.75) is 26.2 Å². The molecule has 122 valence electrons. The number of halogens is 5. The van der Waals surface area contributed by atoms with Crippen LogP contribution in [0.4, 0.5) is 22.0 Å². The molecule has 0 atom stereocenters. The third-order valence-corrected chi connectivity index (χ3v) is 3.46. The van der Waals surface area contributed by atoms with Crippen LogP contribution in [0.15, 0.2) is 36.4 Å². The number of benzene rings is 2. The van der Waals surface area contributed by atoms with Gasteiger partial charge in [0.15, 0.2) is 29.1 Å². The normalized spacial score (nSPS) is 12.3. The van der Waals surface area contributed by atoms with E-state index in [-0.39, 0.29) is 5.56 Å². The van der Waals surface area contributed by atoms with Gasteiger partial charge in [0.2, 0.25) is 0 Å². The third kappa shape index (κ3) is 3.97. The summed E-state index contributed by atoms with van der Waals surface area (Å²) in [6.45, 7) is 2.05. The summed E-state index contributed by atoms with van der Waals surface area (Å²) in [5.41, 5.74) is 0.254. The average molecular weight is 326 g/mol. The lowest BCUT2D eigenvalue weighted by Crippen LogP contribution is -1.94. The molecule has 0 heterocycles. The molecule has 0 unspecified atom stereocenters. The molecule has 2 rings (SSSR count). The topological polar surface area (TPSA) is 0 Å². The van der Waals surface area contributed by atoms with E-state index in [2.05, 4.69) is 0 Å². The molecule has 0 nitrogen and oxygen atoms in total. The van der Waals surface area contributed by atoms with E-state index in [0.29, 0.717) is 12.1 Å². The number of unbranched alkanes of at least 4 members (excludes halogenated alkanes) is 1. The molecule has 0 spiro atoms. The van der Waals surface area contributed by atoms with E-state index in [4.69, 9.17) is 0 Å². The minimum absolute atomic E-state index is 0.0483. The number of hydrogen-bond donors (Lipinski definition) is 0. The molecular formula is C18H15F5. The van der Waals surface area contributed by atoms with E-state index < -0.39 is 34.7 Å². The fourth-order valence-corrected chi connectivity index (χ4v) is 2.13. The van der Waals surface area contributed by atoms with Crippen LogP contribution in [0.25, 0.3) is 11.7 Å². The van der Waals surface area contributed by atoms with Gasteiger partial charge in [-0.05, 0) is 30.5 Å². The van der Waals surface area contributed by atoms with Gasteiger partial charge in [0.25, 0.3) is 0 Å². The highest BCUT2D eigenvalue weighted by Gasteiger charge is 2.17. The molecule has 5 heteroatoms. The summed E-state index contributed by atoms with van der Waals surface area (Å²) in [6.07, 6.45) is 2.84. The first-order valence-electron chi connectivity index (χ1n) is 7.23. The van der Waals surface area contributed by atoms with Gasteiger partial charge in [-0.1, -0.05) is 37.6 Å². The van der Waals surface area contributed by atoms with Gasteiger partial charge < -0.3 is 0 Å². The minimum Gasteiger partial charge on any atom is -0.204 e. The molecule has 0 N–H and O–H groups in total. The molecule has 0 aromatic heterocycles. The zero-order valence-electron chi connectivity index (χ0n) is 12.5. The fraction of sp³-hybridized carbons (Fsp3) is 0.222. The Labute approximate surface area is 131 Å². The maximum atomic E-state index is 14.1. The summed E-state index contributed by atoms with van der Waals surface area (Å²) < 4.78 is 67.3. The van der Waals surface area contributed by atoms with E-state index >= 15 is 0 Å². The van der Waals surface area contributed by atoms with E-state index in [9.17, 15) is 22.0 Å². The Hall–Kier alpha value is -2.17. The lowest BCUT2D eigenvalue weighted by Gasteiger charge is -2.05. The van der Waals surface area contributed by atoms with Crippen molar-refractivity contribution < 1.29 is 22.0 Å². The quantitative estimate of drug-likeness (QED) is 0.348. The summed E-state index contributed by atoms with van der Waals surface area (Å²) in [4.78, 5) is 0. The van der Waals surface area contributed by atoms with Crippen LogP contribution in [0.2, 0.25) is 0 Å². The summed E-state index contributed by atoms with van der Waals surface area (Å²) in [7, 11) is 0. The molecule has 0 bridgehead atoms. The molecule has 23 heavy (non-hydrogen) atoms. The fourth-order valence-electron chi connectivity index (χ4n) is 2.13.